The van der Waals surface area contributed by atoms with Crippen molar-refractivity contribution in [2.24, 2.45) is 23.1 Å². The third-order valence-electron chi connectivity index (χ3n) is 14.6. The Balaban J connectivity index is 1.26. The number of aromatic nitrogens is 4. The summed E-state index contributed by atoms with van der Waals surface area (Å²) in [6.07, 6.45) is 8.36. The van der Waals surface area contributed by atoms with Crippen LogP contribution in [-0.4, -0.2) is 152 Å². The van der Waals surface area contributed by atoms with Crippen LogP contribution in [-0.2, 0) is 68.8 Å². The summed E-state index contributed by atoms with van der Waals surface area (Å²) in [6.45, 7) is 4.86. The second kappa shape index (κ2) is 33.2. The number of benzene rings is 3. The SMILES string of the molecule is CC(=O)[C@H](CS)NC(=O)[C@H](Cc1ccc(O)cc1)NC(=O)[C@@H](NC(=O)[C@H](Cc1c[nH]c2ccccc12)NC(=O)[C@H](Cc1cnc[nH]1)NC(=O)[C@H](CCCCN)NC(=O)[C@H](Cc1c[nH]c2ccccc12)NC(=O)CNC(=O)[C@@H](N)CCCCN)C(C)C. The van der Waals surface area contributed by atoms with Gasteiger partial charge >= 0.3 is 0 Å². The van der Waals surface area contributed by atoms with Crippen molar-refractivity contribution in [3.63, 3.8) is 0 Å². The number of nitrogens with one attached hydrogen (secondary N) is 11. The number of carbonyl (C=O) groups excluding carboxylic acids is 9. The molecule has 0 unspecified atom stereocenters. The molecule has 0 fully saturated rings. The standard InChI is InChI=1S/C60H81N15O10S/c1-34(2)53(60(85)73-47(24-36-18-20-40(77)21-19-36)56(81)74-51(32-86)35(3)76)75-59(84)49(26-38-29-66-45-16-7-5-13-42(38)45)71-58(83)50(27-39-30-64-33-68-39)72-55(80)46(17-9-11-23-62)70-57(82)48(25-37-28-65-44-15-6-4-12-41(37)44)69-52(78)31-67-54(79)43(63)14-8-10-22-61/h4-7,12-13,15-16,18-21,28-30,33-34,43,46-51,53,65-66,77,86H,8-11,14,17,22-27,31-32,61-63H2,1-3H3,(H,64,68)(H,67,79)(H,69,78)(H,70,82)(H,71,83)(H,72,80)(H,73,85)(H,74,81)(H,75,84)/t43-,46-,47-,48-,49-,50-,51-,53-/m0/s1. The summed E-state index contributed by atoms with van der Waals surface area (Å²) in [5.41, 5.74) is 21.3. The maximum absolute atomic E-state index is 15.0. The molecule has 6 rings (SSSR count). The molecular weight excluding hydrogens is 1120 g/mol. The van der Waals surface area contributed by atoms with Gasteiger partial charge in [-0.05, 0) is 99.0 Å². The highest BCUT2D eigenvalue weighted by molar-refractivity contribution is 7.80. The molecule has 8 amide bonds. The van der Waals surface area contributed by atoms with Crippen LogP contribution in [0.25, 0.3) is 21.8 Å². The topological polar surface area (TPSA) is 408 Å². The van der Waals surface area contributed by atoms with Gasteiger partial charge in [-0.3, -0.25) is 43.2 Å². The number of phenols is 1. The number of para-hydroxylation sites is 2. The quantitative estimate of drug-likeness (QED) is 0.0192. The van der Waals surface area contributed by atoms with Gasteiger partial charge in [0.1, 0.15) is 42.0 Å². The first kappa shape index (κ1) is 66.5. The molecule has 0 saturated carbocycles. The fraction of sp³-hybridized carbons (Fsp3) is 0.433. The lowest BCUT2D eigenvalue weighted by Crippen LogP contribution is -2.61. The number of rotatable bonds is 35. The lowest BCUT2D eigenvalue weighted by atomic mass is 9.99. The number of amides is 8. The van der Waals surface area contributed by atoms with E-state index in [1.54, 1.807) is 38.4 Å². The number of hydrogen-bond donors (Lipinski definition) is 16. The molecule has 3 aromatic carbocycles. The maximum atomic E-state index is 15.0. The van der Waals surface area contributed by atoms with E-state index in [0.717, 1.165) is 21.8 Å². The molecule has 0 aliphatic rings. The van der Waals surface area contributed by atoms with Crippen molar-refractivity contribution in [2.45, 2.75) is 133 Å². The van der Waals surface area contributed by atoms with E-state index in [1.807, 2.05) is 48.5 Å². The number of thiol groups is 1. The first-order valence-corrected chi connectivity index (χ1v) is 29.4. The Bertz CT molecular complexity index is 3240. The minimum atomic E-state index is -1.43. The minimum absolute atomic E-state index is 0.0140. The number of fused-ring (bicyclic) bond motifs is 2. The summed E-state index contributed by atoms with van der Waals surface area (Å²) in [5.74, 6) is -6.87. The van der Waals surface area contributed by atoms with Gasteiger partial charge < -0.3 is 79.8 Å². The fourth-order valence-electron chi connectivity index (χ4n) is 9.72. The summed E-state index contributed by atoms with van der Waals surface area (Å²) in [5, 5.41) is 33.4. The van der Waals surface area contributed by atoms with Crippen LogP contribution >= 0.6 is 12.6 Å². The molecule has 0 radical (unpaired) electrons. The van der Waals surface area contributed by atoms with Crippen molar-refractivity contribution in [1.82, 2.24) is 62.5 Å². The van der Waals surface area contributed by atoms with E-state index in [4.69, 9.17) is 17.2 Å². The minimum Gasteiger partial charge on any atom is -0.508 e. The fourth-order valence-corrected chi connectivity index (χ4v) is 10.1. The summed E-state index contributed by atoms with van der Waals surface area (Å²) < 4.78 is 0. The van der Waals surface area contributed by atoms with E-state index >= 15 is 0 Å². The van der Waals surface area contributed by atoms with Gasteiger partial charge in [-0.25, -0.2) is 4.98 Å². The van der Waals surface area contributed by atoms with E-state index in [0.29, 0.717) is 61.0 Å². The first-order chi connectivity index (χ1) is 41.3. The van der Waals surface area contributed by atoms with Crippen molar-refractivity contribution >= 4 is 87.5 Å². The van der Waals surface area contributed by atoms with Crippen molar-refractivity contribution in [2.75, 3.05) is 25.4 Å². The molecule has 6 aromatic rings. The van der Waals surface area contributed by atoms with Crippen LogP contribution in [0.4, 0.5) is 0 Å². The molecule has 18 N–H and O–H groups in total. The molecule has 26 heteroatoms. The number of imidazole rings is 1. The Morgan fingerprint density at radius 2 is 1.05 bits per heavy atom. The van der Waals surface area contributed by atoms with Crippen molar-refractivity contribution in [1.29, 1.82) is 0 Å². The number of H-pyrrole nitrogens is 3. The zero-order valence-electron chi connectivity index (χ0n) is 48.6. The van der Waals surface area contributed by atoms with Gasteiger partial charge in [-0.1, -0.05) is 68.8 Å². The lowest BCUT2D eigenvalue weighted by Gasteiger charge is -2.29. The van der Waals surface area contributed by atoms with Gasteiger partial charge in [0.2, 0.25) is 47.3 Å². The summed E-state index contributed by atoms with van der Waals surface area (Å²) in [6, 6.07) is 10.8. The van der Waals surface area contributed by atoms with E-state index in [9.17, 15) is 48.3 Å². The van der Waals surface area contributed by atoms with Gasteiger partial charge in [-0.15, -0.1) is 0 Å². The normalized spacial score (nSPS) is 14.1. The van der Waals surface area contributed by atoms with Gasteiger partial charge in [0.25, 0.3) is 0 Å². The van der Waals surface area contributed by atoms with Gasteiger partial charge in [0.05, 0.1) is 25.0 Å². The predicted molar refractivity (Wildman–Crippen MR) is 328 cm³/mol. The molecule has 3 aromatic heterocycles. The number of unbranched alkanes of at least 4 members (excludes halogenated alkanes) is 2. The van der Waals surface area contributed by atoms with Crippen LogP contribution < -0.4 is 59.7 Å². The highest BCUT2D eigenvalue weighted by Gasteiger charge is 2.36. The number of nitrogens with two attached hydrogens (primary N) is 3. The van der Waals surface area contributed by atoms with Crippen LogP contribution in [0.3, 0.4) is 0 Å². The molecule has 8 atom stereocenters. The van der Waals surface area contributed by atoms with Crippen LogP contribution in [0.5, 0.6) is 5.75 Å². The molecule has 462 valence electrons. The van der Waals surface area contributed by atoms with Crippen LogP contribution in [0, 0.1) is 5.92 Å². The van der Waals surface area contributed by atoms with E-state index in [-0.39, 0.29) is 55.9 Å². The Morgan fingerprint density at radius 1 is 0.558 bits per heavy atom. The predicted octanol–water partition coefficient (Wildman–Crippen LogP) is 0.618. The van der Waals surface area contributed by atoms with Crippen molar-refractivity contribution in [3.8, 4) is 5.75 Å². The average molecular weight is 1200 g/mol. The summed E-state index contributed by atoms with van der Waals surface area (Å²) in [7, 11) is 0. The van der Waals surface area contributed by atoms with Crippen LogP contribution in [0.2, 0.25) is 0 Å². The number of ketones is 1. The zero-order chi connectivity index (χ0) is 62.3. The molecule has 0 aliphatic heterocycles. The Kier molecular flexibility index (Phi) is 25.7. The van der Waals surface area contributed by atoms with E-state index in [1.165, 1.54) is 31.6 Å². The maximum Gasteiger partial charge on any atom is 0.243 e. The van der Waals surface area contributed by atoms with Gasteiger partial charge in [-0.2, -0.15) is 12.6 Å². The van der Waals surface area contributed by atoms with Gasteiger partial charge in [0, 0.05) is 77.5 Å². The highest BCUT2D eigenvalue weighted by Crippen LogP contribution is 2.22. The first-order valence-electron chi connectivity index (χ1n) is 28.8. The van der Waals surface area contributed by atoms with Crippen molar-refractivity contribution < 1.29 is 48.3 Å². The number of phenolic OH excluding ortho intramolecular Hbond substituents is 1. The Hall–Kier alpha value is -8.59. The molecule has 0 bridgehead atoms. The van der Waals surface area contributed by atoms with E-state index < -0.39 is 108 Å². The molecule has 0 spiro atoms. The monoisotopic (exact) mass is 1200 g/mol. The molecule has 3 heterocycles. The molecule has 86 heavy (non-hydrogen) atoms. The van der Waals surface area contributed by atoms with Crippen LogP contribution in [0.15, 0.2) is 97.7 Å². The third-order valence-corrected chi connectivity index (χ3v) is 15.0. The second-order valence-electron chi connectivity index (χ2n) is 21.6. The Morgan fingerprint density at radius 3 is 1.58 bits per heavy atom. The molecule has 0 saturated heterocycles. The number of Topliss-reactive ketones (excluding diaryl/α,β-unsaturated/α-hetero) is 1. The van der Waals surface area contributed by atoms with E-state index in [2.05, 4.69) is 75.1 Å². The number of hydrogen-bond acceptors (Lipinski definition) is 15. The third kappa shape index (κ3) is 19.7. The largest absolute Gasteiger partial charge is 0.508 e. The van der Waals surface area contributed by atoms with Crippen molar-refractivity contribution in [3.05, 3.63) is 120 Å². The molecular formula is C60H81N15O10S. The van der Waals surface area contributed by atoms with Crippen LogP contribution in [0.1, 0.15) is 81.7 Å². The highest BCUT2D eigenvalue weighted by atomic mass is 32.1. The second-order valence-corrected chi connectivity index (χ2v) is 22.0. The smallest absolute Gasteiger partial charge is 0.243 e. The molecule has 25 nitrogen and oxygen atoms in total. The Labute approximate surface area is 503 Å². The zero-order valence-corrected chi connectivity index (χ0v) is 49.5. The number of aromatic amines is 3. The number of carbonyl (C=O) groups is 9. The number of nitrogens with zero attached hydrogens (tertiary/aromatic N) is 1. The average Bonchev–Trinajstić information content (AvgIpc) is 3.79. The van der Waals surface area contributed by atoms with Gasteiger partial charge in [0.15, 0.2) is 5.78 Å². The lowest BCUT2D eigenvalue weighted by molar-refractivity contribution is -0.136. The number of aromatic hydroxyl groups is 1. The summed E-state index contributed by atoms with van der Waals surface area (Å²) in [4.78, 5) is 140. The molecule has 0 aliphatic carbocycles. The summed E-state index contributed by atoms with van der Waals surface area (Å²) >= 11 is 4.21.